The number of carbonyl (C=O) groups excluding carboxylic acids is 1. The summed E-state index contributed by atoms with van der Waals surface area (Å²) in [4.78, 5) is 12.4. The molecule has 220 valence electrons. The number of benzene rings is 2. The van der Waals surface area contributed by atoms with Gasteiger partial charge in [-0.25, -0.2) is 4.79 Å². The lowest BCUT2D eigenvalue weighted by atomic mass is 10.3. The number of carbonyl (C=O) groups is 1. The first-order valence-electron chi connectivity index (χ1n) is 12.7. The highest BCUT2D eigenvalue weighted by Crippen LogP contribution is 2.14. The van der Waals surface area contributed by atoms with Crippen LogP contribution in [0.3, 0.4) is 0 Å². The van der Waals surface area contributed by atoms with E-state index in [0.717, 1.165) is 43.0 Å². The predicted molar refractivity (Wildman–Crippen MR) is 178 cm³/mol. The number of amides is 2. The number of hydrogen-bond donors (Lipinski definition) is 8. The Balaban J connectivity index is 1.61. The van der Waals surface area contributed by atoms with Gasteiger partial charge in [0.2, 0.25) is 0 Å². The molecule has 0 spiro atoms. The monoisotopic (exact) mass is 650 g/mol. The smallest absolute Gasteiger partial charge is 0.396 e. The van der Waals surface area contributed by atoms with Crippen molar-refractivity contribution in [1.29, 1.82) is 0 Å². The number of urea groups is 1. The summed E-state index contributed by atoms with van der Waals surface area (Å²) in [7, 11) is -0.497. The third kappa shape index (κ3) is 12.7. The fourth-order valence-corrected chi connectivity index (χ4v) is 7.29. The molecule has 2 aromatic carbocycles. The molecule has 41 heavy (non-hydrogen) atoms. The van der Waals surface area contributed by atoms with E-state index in [1.165, 1.54) is 0 Å². The molecule has 0 aliphatic carbocycles. The Labute approximate surface area is 259 Å². The van der Waals surface area contributed by atoms with Gasteiger partial charge in [-0.15, -0.1) is 0 Å². The zero-order valence-electron chi connectivity index (χ0n) is 22.7. The van der Waals surface area contributed by atoms with Gasteiger partial charge in [-0.1, -0.05) is 0 Å². The lowest BCUT2D eigenvalue weighted by Gasteiger charge is -2.20. The standard InChI is InChI=1S/C24H34N8O4S3Si2/c1-34-40-15-27-21(33)29-17-5-7-18(8-6-17)30-22(37)25-13-3-4-14-26-23(38)31-19-9-11-20(12-10-19)32-24(39)28-16-41(35-2)36-40/h5-12H,3-4,13-16H2,1-2H3,(H2,25,30,37)(H2,26,31,38)(H2,27,29,33)(H2,28,32,39). The Morgan fingerprint density at radius 2 is 0.976 bits per heavy atom. The Morgan fingerprint density at radius 3 is 1.39 bits per heavy atom. The molecule has 0 saturated heterocycles. The van der Waals surface area contributed by atoms with E-state index >= 15 is 0 Å². The maximum absolute atomic E-state index is 12.4. The third-order valence-electron chi connectivity index (χ3n) is 5.45. The van der Waals surface area contributed by atoms with Crippen LogP contribution in [-0.4, -0.2) is 79.6 Å². The molecule has 2 amide bonds. The zero-order chi connectivity index (χ0) is 29.5. The number of thiocarbonyl (C=S) groups is 3. The molecule has 6 rings (SSSR count). The molecule has 4 heterocycles. The van der Waals surface area contributed by atoms with Crippen LogP contribution in [0.15, 0.2) is 48.5 Å². The number of rotatable bonds is 2. The summed E-state index contributed by atoms with van der Waals surface area (Å²) in [6.07, 6.45) is 2.41. The minimum Gasteiger partial charge on any atom is -0.411 e. The van der Waals surface area contributed by atoms with Crippen LogP contribution in [0.2, 0.25) is 0 Å². The van der Waals surface area contributed by atoms with Crippen LogP contribution in [0, 0.1) is 0 Å². The molecular formula is C24H34N8O4S3Si2. The summed E-state index contributed by atoms with van der Waals surface area (Å²) in [5.74, 6) is 0. The Hall–Kier alpha value is -2.91. The van der Waals surface area contributed by atoms with Gasteiger partial charge in [0.25, 0.3) is 0 Å². The molecule has 0 saturated carbocycles. The first-order valence-corrected chi connectivity index (χ1v) is 17.0. The van der Waals surface area contributed by atoms with Crippen molar-refractivity contribution in [2.45, 2.75) is 12.8 Å². The topological polar surface area (TPSA) is 141 Å². The van der Waals surface area contributed by atoms with E-state index in [1.54, 1.807) is 26.4 Å². The van der Waals surface area contributed by atoms with E-state index in [2.05, 4.69) is 42.5 Å². The molecule has 4 bridgehead atoms. The third-order valence-corrected chi connectivity index (χ3v) is 9.85. The first-order chi connectivity index (χ1) is 19.8. The maximum atomic E-state index is 12.4. The van der Waals surface area contributed by atoms with Crippen LogP contribution in [0.5, 0.6) is 0 Å². The van der Waals surface area contributed by atoms with Gasteiger partial charge in [-0.3, -0.25) is 0 Å². The van der Waals surface area contributed by atoms with Crippen LogP contribution in [-0.2, 0) is 13.0 Å². The SMILES string of the molecule is CO[Si]1CNC(=O)Nc2ccc(cc2)NC(=S)NCCCCNC(=S)Nc2ccc(cc2)NC(=S)NC[Si](OC)O1. The van der Waals surface area contributed by atoms with Crippen molar-refractivity contribution in [3.05, 3.63) is 48.5 Å². The maximum Gasteiger partial charge on any atom is 0.396 e. The molecule has 0 unspecified atom stereocenters. The minimum absolute atomic E-state index is 0.214. The first kappa shape index (κ1) is 32.6. The van der Waals surface area contributed by atoms with Crippen molar-refractivity contribution in [3.63, 3.8) is 0 Å². The zero-order valence-corrected chi connectivity index (χ0v) is 27.2. The van der Waals surface area contributed by atoms with Crippen LogP contribution in [0.4, 0.5) is 27.5 Å². The number of anilines is 4. The van der Waals surface area contributed by atoms with Crippen molar-refractivity contribution < 1.29 is 17.8 Å². The van der Waals surface area contributed by atoms with Crippen LogP contribution in [0.1, 0.15) is 12.8 Å². The highest BCUT2D eigenvalue weighted by Gasteiger charge is 2.25. The number of nitrogens with one attached hydrogen (secondary N) is 8. The Bertz CT molecular complexity index is 1080. The molecule has 12 nitrogen and oxygen atoms in total. The molecule has 0 atom stereocenters. The van der Waals surface area contributed by atoms with Crippen LogP contribution < -0.4 is 42.5 Å². The fraction of sp³-hybridized carbons (Fsp3) is 0.333. The molecule has 4 aliphatic rings. The van der Waals surface area contributed by atoms with Gasteiger partial charge in [-0.2, -0.15) is 0 Å². The largest absolute Gasteiger partial charge is 0.411 e. The van der Waals surface area contributed by atoms with E-state index in [-0.39, 0.29) is 12.2 Å². The predicted octanol–water partition coefficient (Wildman–Crippen LogP) is 2.53. The molecule has 8 N–H and O–H groups in total. The lowest BCUT2D eigenvalue weighted by molar-refractivity contribution is 0.249. The highest BCUT2D eigenvalue weighted by atomic mass is 32.1. The number of hydrogen-bond acceptors (Lipinski definition) is 7. The summed E-state index contributed by atoms with van der Waals surface area (Å²) in [5.41, 5.74) is 3.11. The quantitative estimate of drug-likeness (QED) is 0.179. The van der Waals surface area contributed by atoms with Crippen LogP contribution in [0.25, 0.3) is 0 Å². The summed E-state index contributed by atoms with van der Waals surface area (Å²) in [5, 5.41) is 26.1. The van der Waals surface area contributed by atoms with Gasteiger partial charge in [0.1, 0.15) is 0 Å². The van der Waals surface area contributed by atoms with E-state index in [0.29, 0.717) is 27.2 Å². The van der Waals surface area contributed by atoms with E-state index < -0.39 is 18.6 Å². The molecule has 2 radical (unpaired) electrons. The fourth-order valence-electron chi connectivity index (χ4n) is 3.36. The summed E-state index contributed by atoms with van der Waals surface area (Å²) >= 11 is 16.2. The Morgan fingerprint density at radius 1 is 0.610 bits per heavy atom. The van der Waals surface area contributed by atoms with Gasteiger partial charge < -0.3 is 55.5 Å². The van der Waals surface area contributed by atoms with Crippen molar-refractivity contribution in [2.75, 3.05) is 60.9 Å². The van der Waals surface area contributed by atoms with Crippen molar-refractivity contribution in [2.24, 2.45) is 0 Å². The average molecular weight is 651 g/mol. The van der Waals surface area contributed by atoms with E-state index in [4.69, 9.17) is 49.6 Å². The summed E-state index contributed by atoms with van der Waals surface area (Å²) < 4.78 is 17.0. The van der Waals surface area contributed by atoms with Gasteiger partial charge >= 0.3 is 24.6 Å². The van der Waals surface area contributed by atoms with E-state index in [1.807, 2.05) is 36.4 Å². The molecule has 0 fully saturated rings. The average Bonchev–Trinajstić information content (AvgIpc) is 2.96. The van der Waals surface area contributed by atoms with Gasteiger partial charge in [0.05, 0.1) is 12.3 Å². The second-order valence-electron chi connectivity index (χ2n) is 8.49. The van der Waals surface area contributed by atoms with Crippen molar-refractivity contribution in [1.82, 2.24) is 21.3 Å². The lowest BCUT2D eigenvalue weighted by Crippen LogP contribution is -2.48. The molecule has 0 aromatic heterocycles. The van der Waals surface area contributed by atoms with Crippen molar-refractivity contribution in [3.8, 4) is 0 Å². The Kier molecular flexibility index (Phi) is 14.2. The van der Waals surface area contributed by atoms with Crippen molar-refractivity contribution >= 4 is 99.3 Å². The van der Waals surface area contributed by atoms with Gasteiger partial charge in [-0.05, 0) is 98.0 Å². The normalized spacial score (nSPS) is 17.6. The van der Waals surface area contributed by atoms with Crippen LogP contribution >= 0.6 is 36.7 Å². The van der Waals surface area contributed by atoms with Gasteiger partial charge in [0.15, 0.2) is 15.3 Å². The highest BCUT2D eigenvalue weighted by molar-refractivity contribution is 7.80. The second kappa shape index (κ2) is 17.8. The molecular weight excluding hydrogens is 617 g/mol. The minimum atomic E-state index is -1.84. The molecule has 2 aromatic rings. The molecule has 17 heteroatoms. The summed E-state index contributed by atoms with van der Waals surface area (Å²) in [6.45, 7) is 1.46. The van der Waals surface area contributed by atoms with E-state index in [9.17, 15) is 4.79 Å². The molecule has 4 aliphatic heterocycles. The second-order valence-corrected chi connectivity index (χ2v) is 13.5. The van der Waals surface area contributed by atoms with Gasteiger partial charge in [0, 0.05) is 50.1 Å². The summed E-state index contributed by atoms with van der Waals surface area (Å²) in [6, 6.07) is 14.5.